The van der Waals surface area contributed by atoms with Crippen LogP contribution in [0.25, 0.3) is 0 Å². The Labute approximate surface area is 119 Å². The molecule has 1 aromatic carbocycles. The topological polar surface area (TPSA) is 46.3 Å². The van der Waals surface area contributed by atoms with Crippen LogP contribution < -0.4 is 5.73 Å². The number of rotatable bonds is 4. The number of amides is 1. The van der Waals surface area contributed by atoms with Crippen molar-refractivity contribution in [2.45, 2.75) is 32.7 Å². The van der Waals surface area contributed by atoms with E-state index in [1.807, 2.05) is 24.3 Å². The summed E-state index contributed by atoms with van der Waals surface area (Å²) in [5.74, 6) is -0.157. The summed E-state index contributed by atoms with van der Waals surface area (Å²) in [6, 6.07) is 7.88. The van der Waals surface area contributed by atoms with Crippen LogP contribution in [0.15, 0.2) is 24.3 Å². The largest absolute Gasteiger partial charge is 0.369 e. The minimum absolute atomic E-state index is 0.157. The van der Waals surface area contributed by atoms with Crippen LogP contribution in [0.3, 0.4) is 0 Å². The van der Waals surface area contributed by atoms with E-state index in [1.165, 1.54) is 5.56 Å². The van der Waals surface area contributed by atoms with Gasteiger partial charge in [0.05, 0.1) is 5.41 Å². The fourth-order valence-corrected chi connectivity index (χ4v) is 3.00. The van der Waals surface area contributed by atoms with Crippen LogP contribution >= 0.6 is 11.6 Å². The molecular weight excluding hydrogens is 260 g/mol. The lowest BCUT2D eigenvalue weighted by Crippen LogP contribution is -2.49. The van der Waals surface area contributed by atoms with E-state index in [4.69, 9.17) is 17.3 Å². The average molecular weight is 281 g/mol. The molecule has 2 N–H and O–H groups in total. The zero-order chi connectivity index (χ0) is 13.9. The van der Waals surface area contributed by atoms with E-state index in [0.717, 1.165) is 43.9 Å². The van der Waals surface area contributed by atoms with Gasteiger partial charge in [-0.05, 0) is 43.5 Å². The molecule has 0 radical (unpaired) electrons. The Morgan fingerprint density at radius 2 is 2.11 bits per heavy atom. The zero-order valence-electron chi connectivity index (χ0n) is 11.4. The minimum Gasteiger partial charge on any atom is -0.369 e. The van der Waals surface area contributed by atoms with Crippen molar-refractivity contribution in [2.75, 3.05) is 13.1 Å². The summed E-state index contributed by atoms with van der Waals surface area (Å²) in [5.41, 5.74) is 6.49. The zero-order valence-corrected chi connectivity index (χ0v) is 12.1. The normalized spacial score (nSPS) is 24.3. The lowest BCUT2D eigenvalue weighted by Gasteiger charge is -2.40. The highest BCUT2D eigenvalue weighted by molar-refractivity contribution is 6.30. The minimum atomic E-state index is -0.343. The van der Waals surface area contributed by atoms with Gasteiger partial charge in [0.1, 0.15) is 0 Å². The van der Waals surface area contributed by atoms with E-state index >= 15 is 0 Å². The van der Waals surface area contributed by atoms with Gasteiger partial charge in [-0.2, -0.15) is 0 Å². The molecule has 1 amide bonds. The molecule has 1 aliphatic heterocycles. The summed E-state index contributed by atoms with van der Waals surface area (Å²) in [7, 11) is 0. The second-order valence-corrected chi connectivity index (χ2v) is 5.88. The first kappa shape index (κ1) is 14.4. The molecule has 0 saturated carbocycles. The van der Waals surface area contributed by atoms with E-state index in [9.17, 15) is 4.79 Å². The number of halogens is 1. The molecule has 104 valence electrons. The number of benzene rings is 1. The van der Waals surface area contributed by atoms with Gasteiger partial charge in [0.25, 0.3) is 0 Å². The third-order valence-corrected chi connectivity index (χ3v) is 4.43. The molecule has 19 heavy (non-hydrogen) atoms. The van der Waals surface area contributed by atoms with Crippen LogP contribution in [0, 0.1) is 5.41 Å². The molecule has 1 aliphatic rings. The molecule has 1 atom stereocenters. The number of nitrogens with zero attached hydrogens (tertiary/aromatic N) is 1. The lowest BCUT2D eigenvalue weighted by atomic mass is 9.77. The number of hydrogen-bond donors (Lipinski definition) is 1. The van der Waals surface area contributed by atoms with Gasteiger partial charge in [0.15, 0.2) is 0 Å². The van der Waals surface area contributed by atoms with Crippen LogP contribution in [-0.4, -0.2) is 23.9 Å². The summed E-state index contributed by atoms with van der Waals surface area (Å²) in [6.45, 7) is 4.70. The van der Waals surface area contributed by atoms with Gasteiger partial charge < -0.3 is 5.73 Å². The third kappa shape index (κ3) is 3.28. The van der Waals surface area contributed by atoms with E-state index in [1.54, 1.807) is 0 Å². The fraction of sp³-hybridized carbons (Fsp3) is 0.533. The molecular formula is C15H21ClN2O. The quantitative estimate of drug-likeness (QED) is 0.922. The Kier molecular flexibility index (Phi) is 4.48. The standard InChI is InChI=1S/C15H21ClN2O/c1-2-15(14(17)19)8-3-9-18(11-15)10-12-4-6-13(16)7-5-12/h4-7H,2-3,8-11H2,1H3,(H2,17,19). The van der Waals surface area contributed by atoms with Gasteiger partial charge in [0, 0.05) is 18.1 Å². The van der Waals surface area contributed by atoms with Crippen LogP contribution in [0.2, 0.25) is 5.02 Å². The number of primary amides is 1. The molecule has 2 rings (SSSR count). The second-order valence-electron chi connectivity index (χ2n) is 5.44. The Balaban J connectivity index is 2.05. The first-order chi connectivity index (χ1) is 9.05. The van der Waals surface area contributed by atoms with Crippen LogP contribution in [0.4, 0.5) is 0 Å². The van der Waals surface area contributed by atoms with Crippen LogP contribution in [0.1, 0.15) is 31.7 Å². The highest BCUT2D eigenvalue weighted by Crippen LogP contribution is 2.33. The Morgan fingerprint density at radius 3 is 2.68 bits per heavy atom. The van der Waals surface area contributed by atoms with Gasteiger partial charge in [-0.15, -0.1) is 0 Å². The molecule has 4 heteroatoms. The number of piperidine rings is 1. The molecule has 0 aromatic heterocycles. The van der Waals surface area contributed by atoms with Crippen molar-refractivity contribution in [3.8, 4) is 0 Å². The van der Waals surface area contributed by atoms with Gasteiger partial charge >= 0.3 is 0 Å². The molecule has 1 saturated heterocycles. The Hall–Kier alpha value is -1.06. The first-order valence-electron chi connectivity index (χ1n) is 6.82. The Bertz CT molecular complexity index is 446. The van der Waals surface area contributed by atoms with Crippen LogP contribution in [-0.2, 0) is 11.3 Å². The first-order valence-corrected chi connectivity index (χ1v) is 7.20. The van der Waals surface area contributed by atoms with Crippen molar-refractivity contribution in [3.05, 3.63) is 34.9 Å². The maximum absolute atomic E-state index is 11.7. The number of likely N-dealkylation sites (tertiary alicyclic amines) is 1. The smallest absolute Gasteiger partial charge is 0.224 e. The van der Waals surface area contributed by atoms with Crippen molar-refractivity contribution in [1.82, 2.24) is 4.90 Å². The Morgan fingerprint density at radius 1 is 1.42 bits per heavy atom. The van der Waals surface area contributed by atoms with Crippen molar-refractivity contribution < 1.29 is 4.79 Å². The second kappa shape index (κ2) is 5.93. The summed E-state index contributed by atoms with van der Waals surface area (Å²) >= 11 is 5.89. The fourth-order valence-electron chi connectivity index (χ4n) is 2.87. The van der Waals surface area contributed by atoms with Gasteiger partial charge in [-0.1, -0.05) is 30.7 Å². The van der Waals surface area contributed by atoms with Crippen molar-refractivity contribution in [3.63, 3.8) is 0 Å². The molecule has 0 aliphatic carbocycles. The number of carbonyl (C=O) groups excluding carboxylic acids is 1. The van der Waals surface area contributed by atoms with E-state index in [2.05, 4.69) is 11.8 Å². The van der Waals surface area contributed by atoms with E-state index < -0.39 is 0 Å². The predicted molar refractivity (Wildman–Crippen MR) is 77.9 cm³/mol. The number of carbonyl (C=O) groups is 1. The molecule has 1 aromatic rings. The molecule has 3 nitrogen and oxygen atoms in total. The van der Waals surface area contributed by atoms with Gasteiger partial charge in [-0.3, -0.25) is 9.69 Å². The maximum Gasteiger partial charge on any atom is 0.224 e. The molecule has 1 unspecified atom stereocenters. The highest BCUT2D eigenvalue weighted by atomic mass is 35.5. The lowest BCUT2D eigenvalue weighted by molar-refractivity contribution is -0.131. The van der Waals surface area contributed by atoms with Crippen molar-refractivity contribution in [1.29, 1.82) is 0 Å². The molecule has 0 bridgehead atoms. The van der Waals surface area contributed by atoms with Gasteiger partial charge in [0.2, 0.25) is 5.91 Å². The predicted octanol–water partition coefficient (Wildman–Crippen LogP) is 2.82. The van der Waals surface area contributed by atoms with E-state index in [-0.39, 0.29) is 11.3 Å². The number of hydrogen-bond acceptors (Lipinski definition) is 2. The van der Waals surface area contributed by atoms with Gasteiger partial charge in [-0.25, -0.2) is 0 Å². The SMILES string of the molecule is CCC1(C(N)=O)CCCN(Cc2ccc(Cl)cc2)C1. The highest BCUT2D eigenvalue weighted by Gasteiger charge is 2.38. The van der Waals surface area contributed by atoms with Crippen molar-refractivity contribution >= 4 is 17.5 Å². The maximum atomic E-state index is 11.7. The summed E-state index contributed by atoms with van der Waals surface area (Å²) in [4.78, 5) is 14.0. The summed E-state index contributed by atoms with van der Waals surface area (Å²) < 4.78 is 0. The van der Waals surface area contributed by atoms with E-state index in [0.29, 0.717) is 0 Å². The summed E-state index contributed by atoms with van der Waals surface area (Å²) in [6.07, 6.45) is 2.76. The average Bonchev–Trinajstić information content (AvgIpc) is 2.41. The summed E-state index contributed by atoms with van der Waals surface area (Å²) in [5, 5.41) is 0.752. The third-order valence-electron chi connectivity index (χ3n) is 4.17. The molecule has 1 heterocycles. The monoisotopic (exact) mass is 280 g/mol. The van der Waals surface area contributed by atoms with Crippen molar-refractivity contribution in [2.24, 2.45) is 11.1 Å². The van der Waals surface area contributed by atoms with Crippen LogP contribution in [0.5, 0.6) is 0 Å². The molecule has 0 spiro atoms. The molecule has 1 fully saturated rings. The number of nitrogens with two attached hydrogens (primary N) is 1.